The number of nitrogens with zero attached hydrogens (tertiary/aromatic N) is 2. The molecule has 1 N–H and O–H groups in total. The highest BCUT2D eigenvalue weighted by Crippen LogP contribution is 2.26. The number of aromatic amines is 1. The van der Waals surface area contributed by atoms with Crippen LogP contribution in [-0.2, 0) is 0 Å². The van der Waals surface area contributed by atoms with Gasteiger partial charge in [0.1, 0.15) is 16.8 Å². The van der Waals surface area contributed by atoms with Crippen LogP contribution >= 0.6 is 23.2 Å². The normalized spacial score (nSPS) is 11.2. The smallest absolute Gasteiger partial charge is 0.179 e. The van der Waals surface area contributed by atoms with Crippen LogP contribution in [0.25, 0.3) is 22.6 Å². The van der Waals surface area contributed by atoms with E-state index in [0.29, 0.717) is 27.6 Å². The van der Waals surface area contributed by atoms with Crippen molar-refractivity contribution < 1.29 is 4.39 Å². The maximum atomic E-state index is 13.4. The lowest BCUT2D eigenvalue weighted by Gasteiger charge is -1.99. The van der Waals surface area contributed by atoms with Crippen molar-refractivity contribution in [1.82, 2.24) is 15.0 Å². The van der Waals surface area contributed by atoms with Crippen molar-refractivity contribution in [3.05, 3.63) is 45.8 Å². The van der Waals surface area contributed by atoms with Gasteiger partial charge < -0.3 is 4.98 Å². The second-order valence-electron chi connectivity index (χ2n) is 4.23. The standard InChI is InChI=1S/C13H8Cl2FN3/c1-6-2-7(4-8(16)3-6)12-17-10-5-9(14)11(15)18-13(10)19-12/h2-5H,1H3,(H,17,18,19). The third kappa shape index (κ3) is 2.29. The van der Waals surface area contributed by atoms with Crippen LogP contribution < -0.4 is 0 Å². The highest BCUT2D eigenvalue weighted by molar-refractivity contribution is 6.41. The fourth-order valence-corrected chi connectivity index (χ4v) is 2.19. The maximum absolute atomic E-state index is 13.4. The molecule has 19 heavy (non-hydrogen) atoms. The Balaban J connectivity index is 2.20. The lowest BCUT2D eigenvalue weighted by atomic mass is 10.1. The second-order valence-corrected chi connectivity index (χ2v) is 5.00. The summed E-state index contributed by atoms with van der Waals surface area (Å²) in [6, 6.07) is 6.35. The van der Waals surface area contributed by atoms with Crippen molar-refractivity contribution in [3.63, 3.8) is 0 Å². The highest BCUT2D eigenvalue weighted by Gasteiger charge is 2.10. The molecule has 0 amide bonds. The van der Waals surface area contributed by atoms with Crippen molar-refractivity contribution in [2.75, 3.05) is 0 Å². The summed E-state index contributed by atoms with van der Waals surface area (Å²) < 4.78 is 13.4. The highest BCUT2D eigenvalue weighted by atomic mass is 35.5. The van der Waals surface area contributed by atoms with Gasteiger partial charge in [-0.25, -0.2) is 14.4 Å². The zero-order chi connectivity index (χ0) is 13.6. The number of hydrogen-bond acceptors (Lipinski definition) is 2. The molecule has 3 rings (SSSR count). The number of benzene rings is 1. The van der Waals surface area contributed by atoms with Gasteiger partial charge in [-0.3, -0.25) is 0 Å². The third-order valence-electron chi connectivity index (χ3n) is 2.70. The van der Waals surface area contributed by atoms with Gasteiger partial charge in [0.25, 0.3) is 0 Å². The number of aryl methyl sites for hydroxylation is 1. The fraction of sp³-hybridized carbons (Fsp3) is 0.0769. The number of pyridine rings is 1. The number of aromatic nitrogens is 3. The minimum absolute atomic E-state index is 0.197. The topological polar surface area (TPSA) is 41.6 Å². The number of fused-ring (bicyclic) bond motifs is 1. The first-order chi connectivity index (χ1) is 9.02. The fourth-order valence-electron chi connectivity index (χ4n) is 1.91. The Kier molecular flexibility index (Phi) is 2.92. The largest absolute Gasteiger partial charge is 0.337 e. The number of hydrogen-bond donors (Lipinski definition) is 1. The Labute approximate surface area is 118 Å². The first kappa shape index (κ1) is 12.4. The summed E-state index contributed by atoms with van der Waals surface area (Å²) in [7, 11) is 0. The van der Waals surface area contributed by atoms with E-state index in [1.165, 1.54) is 12.1 Å². The van der Waals surface area contributed by atoms with Crippen LogP contribution in [0.2, 0.25) is 10.2 Å². The van der Waals surface area contributed by atoms with Gasteiger partial charge in [0.05, 0.1) is 10.5 Å². The molecule has 0 bridgehead atoms. The Morgan fingerprint density at radius 1 is 1.11 bits per heavy atom. The number of rotatable bonds is 1. The molecule has 0 aliphatic rings. The van der Waals surface area contributed by atoms with Gasteiger partial charge in [0.2, 0.25) is 0 Å². The SMILES string of the molecule is Cc1cc(F)cc(-c2nc3nc(Cl)c(Cl)cc3[nH]2)c1. The molecule has 0 spiro atoms. The van der Waals surface area contributed by atoms with Crippen LogP contribution in [0.5, 0.6) is 0 Å². The average molecular weight is 296 g/mol. The van der Waals surface area contributed by atoms with Crippen molar-refractivity contribution in [2.24, 2.45) is 0 Å². The molecule has 0 aliphatic heterocycles. The second kappa shape index (κ2) is 4.47. The molecule has 0 aliphatic carbocycles. The lowest BCUT2D eigenvalue weighted by Crippen LogP contribution is -1.85. The minimum atomic E-state index is -0.306. The molecule has 0 atom stereocenters. The van der Waals surface area contributed by atoms with Gasteiger partial charge >= 0.3 is 0 Å². The van der Waals surface area contributed by atoms with E-state index in [1.807, 2.05) is 13.0 Å². The Bertz CT molecular complexity index is 724. The third-order valence-corrected chi connectivity index (χ3v) is 3.37. The predicted molar refractivity (Wildman–Crippen MR) is 74.0 cm³/mol. The molecule has 0 fully saturated rings. The zero-order valence-corrected chi connectivity index (χ0v) is 11.3. The molecule has 2 heterocycles. The summed E-state index contributed by atoms with van der Waals surface area (Å²) in [4.78, 5) is 11.4. The molecular weight excluding hydrogens is 288 g/mol. The van der Waals surface area contributed by atoms with Crippen molar-refractivity contribution >= 4 is 34.4 Å². The van der Waals surface area contributed by atoms with E-state index in [1.54, 1.807) is 6.07 Å². The van der Waals surface area contributed by atoms with Crippen molar-refractivity contribution in [1.29, 1.82) is 0 Å². The summed E-state index contributed by atoms with van der Waals surface area (Å²) in [6.07, 6.45) is 0. The summed E-state index contributed by atoms with van der Waals surface area (Å²) >= 11 is 11.7. The summed E-state index contributed by atoms with van der Waals surface area (Å²) in [6.45, 7) is 1.82. The average Bonchev–Trinajstić information content (AvgIpc) is 2.71. The van der Waals surface area contributed by atoms with Crippen molar-refractivity contribution in [2.45, 2.75) is 6.92 Å². The molecule has 0 unspecified atom stereocenters. The molecule has 3 aromatic rings. The number of imidazole rings is 1. The van der Waals surface area contributed by atoms with E-state index in [0.717, 1.165) is 5.56 Å². The molecule has 0 saturated carbocycles. The van der Waals surface area contributed by atoms with Gasteiger partial charge in [-0.05, 0) is 36.8 Å². The number of H-pyrrole nitrogens is 1. The first-order valence-electron chi connectivity index (χ1n) is 5.52. The van der Waals surface area contributed by atoms with Crippen molar-refractivity contribution in [3.8, 4) is 11.4 Å². The van der Waals surface area contributed by atoms with Gasteiger partial charge in [0, 0.05) is 5.56 Å². The summed E-state index contributed by atoms with van der Waals surface area (Å²) in [5.41, 5.74) is 2.58. The molecule has 3 nitrogen and oxygen atoms in total. The van der Waals surface area contributed by atoms with Gasteiger partial charge in [-0.2, -0.15) is 0 Å². The summed E-state index contributed by atoms with van der Waals surface area (Å²) in [5, 5.41) is 0.544. The Morgan fingerprint density at radius 2 is 1.89 bits per heavy atom. The molecular formula is C13H8Cl2FN3. The zero-order valence-electron chi connectivity index (χ0n) is 9.84. The molecule has 1 aromatic carbocycles. The molecule has 96 valence electrons. The van der Waals surface area contributed by atoms with E-state index in [-0.39, 0.29) is 11.0 Å². The Hall–Kier alpha value is -1.65. The van der Waals surface area contributed by atoms with Crippen LogP contribution in [0.4, 0.5) is 4.39 Å². The van der Waals surface area contributed by atoms with Crippen LogP contribution in [-0.4, -0.2) is 15.0 Å². The van der Waals surface area contributed by atoms with Crippen LogP contribution in [0.1, 0.15) is 5.56 Å². The van der Waals surface area contributed by atoms with Crippen LogP contribution in [0.3, 0.4) is 0 Å². The Morgan fingerprint density at radius 3 is 2.63 bits per heavy atom. The van der Waals surface area contributed by atoms with Gasteiger partial charge in [0.15, 0.2) is 5.65 Å². The van der Waals surface area contributed by atoms with E-state index in [9.17, 15) is 4.39 Å². The predicted octanol–water partition coefficient (Wildman–Crippen LogP) is 4.38. The maximum Gasteiger partial charge on any atom is 0.179 e. The van der Waals surface area contributed by atoms with E-state index in [4.69, 9.17) is 23.2 Å². The van der Waals surface area contributed by atoms with Crippen LogP contribution in [0, 0.1) is 12.7 Å². The molecule has 2 aromatic heterocycles. The molecule has 0 radical (unpaired) electrons. The quantitative estimate of drug-likeness (QED) is 0.677. The summed E-state index contributed by atoms with van der Waals surface area (Å²) in [5.74, 6) is 0.225. The number of halogens is 3. The van der Waals surface area contributed by atoms with E-state index >= 15 is 0 Å². The van der Waals surface area contributed by atoms with E-state index in [2.05, 4.69) is 15.0 Å². The molecule has 6 heteroatoms. The number of nitrogens with one attached hydrogen (secondary N) is 1. The monoisotopic (exact) mass is 295 g/mol. The molecule has 0 saturated heterocycles. The van der Waals surface area contributed by atoms with E-state index < -0.39 is 0 Å². The first-order valence-corrected chi connectivity index (χ1v) is 6.28. The lowest BCUT2D eigenvalue weighted by molar-refractivity contribution is 0.627. The minimum Gasteiger partial charge on any atom is -0.337 e. The van der Waals surface area contributed by atoms with Gasteiger partial charge in [-0.15, -0.1) is 0 Å². The van der Waals surface area contributed by atoms with Crippen LogP contribution in [0.15, 0.2) is 24.3 Å². The van der Waals surface area contributed by atoms with Gasteiger partial charge in [-0.1, -0.05) is 23.2 Å².